The summed E-state index contributed by atoms with van der Waals surface area (Å²) >= 11 is 0. The van der Waals surface area contributed by atoms with Gasteiger partial charge in [0.2, 0.25) is 17.6 Å². The highest BCUT2D eigenvalue weighted by atomic mass is 16.5. The predicted molar refractivity (Wildman–Crippen MR) is 56.7 cm³/mol. The van der Waals surface area contributed by atoms with Crippen LogP contribution in [0, 0.1) is 0 Å². The summed E-state index contributed by atoms with van der Waals surface area (Å²) in [5.74, 6) is 1.42. The summed E-state index contributed by atoms with van der Waals surface area (Å²) in [6, 6.07) is 3.27. The first-order chi connectivity index (χ1) is 7.70. The maximum Gasteiger partial charge on any atom is 0.243 e. The Hall–Kier alpha value is -1.95. The second-order valence-electron chi connectivity index (χ2n) is 3.33. The highest BCUT2D eigenvalue weighted by Gasteiger charge is 2.11. The van der Waals surface area contributed by atoms with Gasteiger partial charge in [-0.25, -0.2) is 4.98 Å². The van der Waals surface area contributed by atoms with E-state index < -0.39 is 0 Å². The molecule has 0 amide bonds. The lowest BCUT2D eigenvalue weighted by atomic mass is 10.3. The van der Waals surface area contributed by atoms with Gasteiger partial charge >= 0.3 is 0 Å². The smallest absolute Gasteiger partial charge is 0.243 e. The van der Waals surface area contributed by atoms with E-state index in [2.05, 4.69) is 15.1 Å². The first-order valence-electron chi connectivity index (χ1n) is 4.80. The van der Waals surface area contributed by atoms with E-state index in [0.29, 0.717) is 17.6 Å². The Labute approximate surface area is 92.4 Å². The van der Waals surface area contributed by atoms with Gasteiger partial charge in [-0.15, -0.1) is 0 Å². The van der Waals surface area contributed by atoms with Gasteiger partial charge in [-0.3, -0.25) is 0 Å². The quantitative estimate of drug-likeness (QED) is 0.835. The van der Waals surface area contributed by atoms with Crippen LogP contribution in [0.2, 0.25) is 0 Å². The Bertz CT molecular complexity index is 464. The Morgan fingerprint density at radius 3 is 2.75 bits per heavy atom. The van der Waals surface area contributed by atoms with Crippen molar-refractivity contribution in [2.75, 3.05) is 7.11 Å². The van der Waals surface area contributed by atoms with Crippen LogP contribution in [0.3, 0.4) is 0 Å². The molecule has 84 valence electrons. The first-order valence-corrected chi connectivity index (χ1v) is 4.80. The summed E-state index contributed by atoms with van der Waals surface area (Å²) in [5.41, 5.74) is 6.38. The molecule has 6 heteroatoms. The molecule has 6 nitrogen and oxygen atoms in total. The minimum absolute atomic E-state index is 0.271. The average molecular weight is 220 g/mol. The van der Waals surface area contributed by atoms with Crippen LogP contribution in [0.1, 0.15) is 18.9 Å². The highest BCUT2D eigenvalue weighted by molar-refractivity contribution is 5.53. The maximum atomic E-state index is 5.62. The topological polar surface area (TPSA) is 87.1 Å². The molecule has 0 saturated carbocycles. The summed E-state index contributed by atoms with van der Waals surface area (Å²) in [7, 11) is 1.56. The third-order valence-corrected chi connectivity index (χ3v) is 2.03. The second-order valence-corrected chi connectivity index (χ2v) is 3.33. The van der Waals surface area contributed by atoms with Gasteiger partial charge in [-0.05, 0) is 13.0 Å². The van der Waals surface area contributed by atoms with Crippen molar-refractivity contribution in [2.45, 2.75) is 13.0 Å². The fourth-order valence-corrected chi connectivity index (χ4v) is 1.17. The number of ether oxygens (including phenoxy) is 1. The van der Waals surface area contributed by atoms with E-state index in [1.54, 1.807) is 26.3 Å². The molecule has 0 aliphatic rings. The normalized spacial score (nSPS) is 12.4. The number of rotatable bonds is 3. The summed E-state index contributed by atoms with van der Waals surface area (Å²) in [5, 5.41) is 3.82. The largest absolute Gasteiger partial charge is 0.481 e. The number of hydrogen-bond donors (Lipinski definition) is 1. The molecule has 2 rings (SSSR count). The van der Waals surface area contributed by atoms with Gasteiger partial charge in [0.15, 0.2) is 0 Å². The Kier molecular flexibility index (Phi) is 2.82. The van der Waals surface area contributed by atoms with Crippen molar-refractivity contribution >= 4 is 0 Å². The number of nitrogens with zero attached hydrogens (tertiary/aromatic N) is 3. The lowest BCUT2D eigenvalue weighted by Crippen LogP contribution is -2.04. The minimum atomic E-state index is -0.271. The molecule has 1 unspecified atom stereocenters. The second kappa shape index (κ2) is 4.28. The number of hydrogen-bond acceptors (Lipinski definition) is 6. The SMILES string of the molecule is COc1ccc(-c2noc(C(C)N)n2)cn1. The molecule has 0 aromatic carbocycles. The van der Waals surface area contributed by atoms with Crippen molar-refractivity contribution in [1.29, 1.82) is 0 Å². The van der Waals surface area contributed by atoms with Crippen LogP contribution in [0.25, 0.3) is 11.4 Å². The molecular weight excluding hydrogens is 208 g/mol. The summed E-state index contributed by atoms with van der Waals surface area (Å²) in [4.78, 5) is 8.20. The van der Waals surface area contributed by atoms with Crippen LogP contribution in [0.15, 0.2) is 22.9 Å². The van der Waals surface area contributed by atoms with Crippen LogP contribution < -0.4 is 10.5 Å². The van der Waals surface area contributed by atoms with E-state index in [1.807, 2.05) is 6.07 Å². The third kappa shape index (κ3) is 2.01. The van der Waals surface area contributed by atoms with E-state index >= 15 is 0 Å². The summed E-state index contributed by atoms with van der Waals surface area (Å²) in [6.07, 6.45) is 1.62. The molecule has 0 aliphatic heterocycles. The molecule has 0 aliphatic carbocycles. The molecular formula is C10H12N4O2. The van der Waals surface area contributed by atoms with Gasteiger partial charge in [-0.1, -0.05) is 5.16 Å². The lowest BCUT2D eigenvalue weighted by molar-refractivity contribution is 0.362. The zero-order valence-corrected chi connectivity index (χ0v) is 9.04. The van der Waals surface area contributed by atoms with Crippen molar-refractivity contribution in [3.63, 3.8) is 0 Å². The van der Waals surface area contributed by atoms with Crippen LogP contribution in [-0.2, 0) is 0 Å². The maximum absolute atomic E-state index is 5.62. The van der Waals surface area contributed by atoms with Crippen molar-refractivity contribution in [3.05, 3.63) is 24.2 Å². The van der Waals surface area contributed by atoms with E-state index in [9.17, 15) is 0 Å². The molecule has 0 radical (unpaired) electrons. The highest BCUT2D eigenvalue weighted by Crippen LogP contribution is 2.18. The molecule has 0 fully saturated rings. The van der Waals surface area contributed by atoms with E-state index in [1.165, 1.54) is 0 Å². The van der Waals surface area contributed by atoms with Crippen LogP contribution in [0.4, 0.5) is 0 Å². The van der Waals surface area contributed by atoms with Crippen LogP contribution in [-0.4, -0.2) is 22.2 Å². The average Bonchev–Trinajstić information content (AvgIpc) is 2.78. The van der Waals surface area contributed by atoms with Crippen LogP contribution in [0.5, 0.6) is 5.88 Å². The molecule has 2 N–H and O–H groups in total. The van der Waals surface area contributed by atoms with Gasteiger partial charge in [0.25, 0.3) is 0 Å². The number of nitrogens with two attached hydrogens (primary N) is 1. The Morgan fingerprint density at radius 1 is 1.44 bits per heavy atom. The van der Waals surface area contributed by atoms with E-state index in [4.69, 9.17) is 15.0 Å². The number of aromatic nitrogens is 3. The van der Waals surface area contributed by atoms with Crippen LogP contribution >= 0.6 is 0 Å². The predicted octanol–water partition coefficient (Wildman–Crippen LogP) is 1.16. The third-order valence-electron chi connectivity index (χ3n) is 2.03. The lowest BCUT2D eigenvalue weighted by Gasteiger charge is -1.97. The summed E-state index contributed by atoms with van der Waals surface area (Å²) < 4.78 is 9.95. The zero-order valence-electron chi connectivity index (χ0n) is 9.04. The van der Waals surface area contributed by atoms with Gasteiger partial charge in [0.1, 0.15) is 0 Å². The standard InChI is InChI=1S/C10H12N4O2/c1-6(11)10-13-9(14-16-10)7-3-4-8(15-2)12-5-7/h3-6H,11H2,1-2H3. The Balaban J connectivity index is 2.28. The van der Waals surface area contributed by atoms with Crippen molar-refractivity contribution in [1.82, 2.24) is 15.1 Å². The molecule has 2 aromatic heterocycles. The Morgan fingerprint density at radius 2 is 2.25 bits per heavy atom. The molecule has 2 aromatic rings. The van der Waals surface area contributed by atoms with Gasteiger partial charge in [0, 0.05) is 17.8 Å². The molecule has 0 saturated heterocycles. The van der Waals surface area contributed by atoms with Crippen molar-refractivity contribution in [2.24, 2.45) is 5.73 Å². The fraction of sp³-hybridized carbons (Fsp3) is 0.300. The minimum Gasteiger partial charge on any atom is -0.481 e. The molecule has 16 heavy (non-hydrogen) atoms. The van der Waals surface area contributed by atoms with E-state index in [-0.39, 0.29) is 6.04 Å². The number of pyridine rings is 1. The monoisotopic (exact) mass is 220 g/mol. The van der Waals surface area contributed by atoms with Crippen molar-refractivity contribution in [3.8, 4) is 17.3 Å². The molecule has 1 atom stereocenters. The molecule has 0 spiro atoms. The molecule has 0 bridgehead atoms. The summed E-state index contributed by atoms with van der Waals surface area (Å²) in [6.45, 7) is 1.78. The van der Waals surface area contributed by atoms with Gasteiger partial charge in [0.05, 0.1) is 13.2 Å². The van der Waals surface area contributed by atoms with Gasteiger partial charge in [-0.2, -0.15) is 4.98 Å². The zero-order chi connectivity index (χ0) is 11.5. The fourth-order valence-electron chi connectivity index (χ4n) is 1.17. The van der Waals surface area contributed by atoms with E-state index in [0.717, 1.165) is 5.56 Å². The first kappa shape index (κ1) is 10.6. The van der Waals surface area contributed by atoms with Crippen molar-refractivity contribution < 1.29 is 9.26 Å². The molecule has 2 heterocycles. The number of methoxy groups -OCH3 is 1. The van der Waals surface area contributed by atoms with Gasteiger partial charge < -0.3 is 15.0 Å².